The van der Waals surface area contributed by atoms with E-state index < -0.39 is 0 Å². The van der Waals surface area contributed by atoms with Gasteiger partial charge < -0.3 is 11.5 Å². The van der Waals surface area contributed by atoms with Gasteiger partial charge in [-0.05, 0) is 30.7 Å². The van der Waals surface area contributed by atoms with Crippen LogP contribution in [0.2, 0.25) is 10.0 Å². The summed E-state index contributed by atoms with van der Waals surface area (Å²) in [5, 5.41) is 1.08. The van der Waals surface area contributed by atoms with E-state index in [1.807, 2.05) is 6.07 Å². The lowest BCUT2D eigenvalue weighted by Gasteiger charge is -2.10. The molecule has 0 unspecified atom stereocenters. The predicted molar refractivity (Wildman–Crippen MR) is 57.1 cm³/mol. The molecule has 1 atom stereocenters. The Morgan fingerprint density at radius 2 is 1.92 bits per heavy atom. The maximum Gasteiger partial charge on any atom is 0.0595 e. The van der Waals surface area contributed by atoms with Crippen molar-refractivity contribution in [1.29, 1.82) is 0 Å². The molecular formula is C9H12Cl2N2. The average Bonchev–Trinajstić information content (AvgIpc) is 2.10. The van der Waals surface area contributed by atoms with Crippen molar-refractivity contribution in [3.63, 3.8) is 0 Å². The van der Waals surface area contributed by atoms with E-state index >= 15 is 0 Å². The molecule has 0 saturated heterocycles. The first-order valence-electron chi connectivity index (χ1n) is 4.05. The fraction of sp³-hybridized carbons (Fsp3) is 0.333. The summed E-state index contributed by atoms with van der Waals surface area (Å²) in [7, 11) is 0. The van der Waals surface area contributed by atoms with E-state index in [4.69, 9.17) is 34.7 Å². The number of rotatable bonds is 3. The van der Waals surface area contributed by atoms with Crippen molar-refractivity contribution < 1.29 is 0 Å². The monoisotopic (exact) mass is 218 g/mol. The molecule has 0 fully saturated rings. The van der Waals surface area contributed by atoms with Crippen molar-refractivity contribution in [2.45, 2.75) is 12.5 Å². The zero-order chi connectivity index (χ0) is 9.84. The van der Waals surface area contributed by atoms with Gasteiger partial charge in [-0.1, -0.05) is 29.3 Å². The van der Waals surface area contributed by atoms with Gasteiger partial charge in [0.2, 0.25) is 0 Å². The molecule has 2 nitrogen and oxygen atoms in total. The van der Waals surface area contributed by atoms with Crippen molar-refractivity contribution in [2.75, 3.05) is 6.54 Å². The fourth-order valence-corrected chi connectivity index (χ4v) is 1.40. The van der Waals surface area contributed by atoms with Crippen molar-refractivity contribution in [2.24, 2.45) is 11.5 Å². The second kappa shape index (κ2) is 4.82. The summed E-state index contributed by atoms with van der Waals surface area (Å²) in [4.78, 5) is 0. The summed E-state index contributed by atoms with van der Waals surface area (Å²) in [5.74, 6) is 0. The highest BCUT2D eigenvalue weighted by Gasteiger charge is 2.06. The van der Waals surface area contributed by atoms with Crippen LogP contribution >= 0.6 is 23.2 Å². The van der Waals surface area contributed by atoms with Gasteiger partial charge >= 0.3 is 0 Å². The van der Waals surface area contributed by atoms with E-state index in [0.29, 0.717) is 16.6 Å². The van der Waals surface area contributed by atoms with Crippen molar-refractivity contribution in [1.82, 2.24) is 0 Å². The lowest BCUT2D eigenvalue weighted by Crippen LogP contribution is -2.15. The van der Waals surface area contributed by atoms with Crippen LogP contribution in [0.5, 0.6) is 0 Å². The highest BCUT2D eigenvalue weighted by molar-refractivity contribution is 6.42. The Morgan fingerprint density at radius 1 is 1.23 bits per heavy atom. The van der Waals surface area contributed by atoms with Crippen LogP contribution in [0.25, 0.3) is 0 Å². The SMILES string of the molecule is NCC[C@H](N)c1ccc(Cl)c(Cl)c1. The van der Waals surface area contributed by atoms with Crippen LogP contribution in [0.3, 0.4) is 0 Å². The van der Waals surface area contributed by atoms with E-state index in [0.717, 1.165) is 12.0 Å². The zero-order valence-corrected chi connectivity index (χ0v) is 8.65. The summed E-state index contributed by atoms with van der Waals surface area (Å²) in [5.41, 5.74) is 12.2. The molecule has 1 aromatic carbocycles. The Balaban J connectivity index is 2.84. The van der Waals surface area contributed by atoms with Gasteiger partial charge in [0.15, 0.2) is 0 Å². The first-order valence-corrected chi connectivity index (χ1v) is 4.81. The molecule has 1 aromatic rings. The summed E-state index contributed by atoms with van der Waals surface area (Å²) < 4.78 is 0. The quantitative estimate of drug-likeness (QED) is 0.819. The van der Waals surface area contributed by atoms with E-state index in [9.17, 15) is 0 Å². The number of nitrogens with two attached hydrogens (primary N) is 2. The normalized spacial score (nSPS) is 12.9. The Bertz CT molecular complexity index is 289. The molecule has 0 bridgehead atoms. The summed E-state index contributed by atoms with van der Waals surface area (Å²) >= 11 is 11.6. The van der Waals surface area contributed by atoms with Crippen LogP contribution in [0.15, 0.2) is 18.2 Å². The minimum absolute atomic E-state index is 0.0558. The molecular weight excluding hydrogens is 207 g/mol. The number of hydrogen-bond donors (Lipinski definition) is 2. The third kappa shape index (κ3) is 2.85. The fourth-order valence-electron chi connectivity index (χ4n) is 1.09. The highest BCUT2D eigenvalue weighted by Crippen LogP contribution is 2.25. The number of halogens is 2. The molecule has 0 heterocycles. The van der Waals surface area contributed by atoms with Gasteiger partial charge in [-0.25, -0.2) is 0 Å². The van der Waals surface area contributed by atoms with Crippen LogP contribution < -0.4 is 11.5 Å². The van der Waals surface area contributed by atoms with Gasteiger partial charge in [-0.2, -0.15) is 0 Å². The Labute approximate surface area is 87.8 Å². The molecule has 13 heavy (non-hydrogen) atoms. The van der Waals surface area contributed by atoms with E-state index in [2.05, 4.69) is 0 Å². The Morgan fingerprint density at radius 3 is 2.46 bits per heavy atom. The van der Waals surface area contributed by atoms with Gasteiger partial charge in [-0.3, -0.25) is 0 Å². The third-order valence-corrected chi connectivity index (χ3v) is 2.59. The third-order valence-electron chi connectivity index (χ3n) is 1.85. The summed E-state index contributed by atoms with van der Waals surface area (Å²) in [6.07, 6.45) is 0.748. The lowest BCUT2D eigenvalue weighted by atomic mass is 10.1. The molecule has 72 valence electrons. The topological polar surface area (TPSA) is 52.0 Å². The van der Waals surface area contributed by atoms with Gasteiger partial charge in [-0.15, -0.1) is 0 Å². The van der Waals surface area contributed by atoms with Gasteiger partial charge in [0.1, 0.15) is 0 Å². The smallest absolute Gasteiger partial charge is 0.0595 e. The molecule has 1 rings (SSSR count). The molecule has 0 aliphatic carbocycles. The number of hydrogen-bond acceptors (Lipinski definition) is 2. The number of benzene rings is 1. The molecule has 0 aliphatic heterocycles. The minimum atomic E-state index is -0.0558. The van der Waals surface area contributed by atoms with E-state index in [1.54, 1.807) is 12.1 Å². The molecule has 0 saturated carbocycles. The molecule has 0 aliphatic rings. The zero-order valence-electron chi connectivity index (χ0n) is 7.13. The Hall–Kier alpha value is -0.280. The van der Waals surface area contributed by atoms with Crippen molar-refractivity contribution in [3.8, 4) is 0 Å². The van der Waals surface area contributed by atoms with Crippen LogP contribution in [0.1, 0.15) is 18.0 Å². The minimum Gasteiger partial charge on any atom is -0.330 e. The van der Waals surface area contributed by atoms with Crippen molar-refractivity contribution >= 4 is 23.2 Å². The van der Waals surface area contributed by atoms with Crippen LogP contribution in [0, 0.1) is 0 Å². The summed E-state index contributed by atoms with van der Waals surface area (Å²) in [6.45, 7) is 0.571. The lowest BCUT2D eigenvalue weighted by molar-refractivity contribution is 0.661. The van der Waals surface area contributed by atoms with Crippen LogP contribution in [-0.2, 0) is 0 Å². The molecule has 4 heteroatoms. The Kier molecular flexibility index (Phi) is 4.00. The van der Waals surface area contributed by atoms with E-state index in [1.165, 1.54) is 0 Å². The van der Waals surface area contributed by atoms with Crippen molar-refractivity contribution in [3.05, 3.63) is 33.8 Å². The summed E-state index contributed by atoms with van der Waals surface area (Å²) in [6, 6.07) is 5.34. The maximum atomic E-state index is 5.84. The first-order chi connectivity index (χ1) is 6.15. The molecule has 0 radical (unpaired) electrons. The molecule has 0 amide bonds. The molecule has 4 N–H and O–H groups in total. The van der Waals surface area contributed by atoms with Gasteiger partial charge in [0.25, 0.3) is 0 Å². The molecule has 0 spiro atoms. The van der Waals surface area contributed by atoms with Gasteiger partial charge in [0, 0.05) is 6.04 Å². The second-order valence-electron chi connectivity index (χ2n) is 2.86. The maximum absolute atomic E-state index is 5.84. The largest absolute Gasteiger partial charge is 0.330 e. The van der Waals surface area contributed by atoms with Crippen LogP contribution in [-0.4, -0.2) is 6.54 Å². The predicted octanol–water partition coefficient (Wildman–Crippen LogP) is 2.34. The first kappa shape index (κ1) is 10.8. The van der Waals surface area contributed by atoms with Crippen LogP contribution in [0.4, 0.5) is 0 Å². The van der Waals surface area contributed by atoms with Gasteiger partial charge in [0.05, 0.1) is 10.0 Å². The average molecular weight is 219 g/mol. The molecule has 0 aromatic heterocycles. The highest BCUT2D eigenvalue weighted by atomic mass is 35.5. The standard InChI is InChI=1S/C9H12Cl2N2/c10-7-2-1-6(5-8(7)11)9(13)3-4-12/h1-2,5,9H,3-4,12-13H2/t9-/m0/s1. The second-order valence-corrected chi connectivity index (χ2v) is 3.67. The van der Waals surface area contributed by atoms with E-state index in [-0.39, 0.29) is 6.04 Å².